The third-order valence-corrected chi connectivity index (χ3v) is 4.80. The first kappa shape index (κ1) is 11.6. The molecule has 1 aliphatic carbocycles. The fourth-order valence-corrected chi connectivity index (χ4v) is 4.11. The van der Waals surface area contributed by atoms with Crippen LogP contribution in [0.25, 0.3) is 0 Å². The molecule has 0 aromatic carbocycles. The van der Waals surface area contributed by atoms with E-state index in [0.29, 0.717) is 11.8 Å². The van der Waals surface area contributed by atoms with Crippen LogP contribution in [0.5, 0.6) is 0 Å². The van der Waals surface area contributed by atoms with Gasteiger partial charge >= 0.3 is 0 Å². The fraction of sp³-hybridized carbons (Fsp3) is 0.727. The maximum absolute atomic E-state index is 10.6. The standard InChI is InChI=1S/C11H16BrNOS/c1-7-3-8(2)5-11(14,4-7)10-13-9(12)6-15-10/h6-8,14H,3-5H2,1-2H3. The lowest BCUT2D eigenvalue weighted by Crippen LogP contribution is -2.35. The molecule has 1 fully saturated rings. The molecule has 0 aliphatic heterocycles. The first-order chi connectivity index (χ1) is 6.99. The Hall–Kier alpha value is 0.0700. The second kappa shape index (κ2) is 4.15. The van der Waals surface area contributed by atoms with Gasteiger partial charge in [-0.25, -0.2) is 4.98 Å². The van der Waals surface area contributed by atoms with Crippen molar-refractivity contribution in [2.75, 3.05) is 0 Å². The summed E-state index contributed by atoms with van der Waals surface area (Å²) in [6.07, 6.45) is 2.91. The molecular formula is C11H16BrNOS. The molecule has 4 heteroatoms. The molecule has 2 nitrogen and oxygen atoms in total. The monoisotopic (exact) mass is 289 g/mol. The summed E-state index contributed by atoms with van der Waals surface area (Å²) in [6, 6.07) is 0. The first-order valence-corrected chi connectivity index (χ1v) is 7.01. The average molecular weight is 290 g/mol. The van der Waals surface area contributed by atoms with Gasteiger partial charge in [0.15, 0.2) is 0 Å². The molecule has 15 heavy (non-hydrogen) atoms. The SMILES string of the molecule is CC1CC(C)CC(O)(c2nc(Br)cs2)C1. The highest BCUT2D eigenvalue weighted by molar-refractivity contribution is 9.10. The van der Waals surface area contributed by atoms with Crippen LogP contribution in [0, 0.1) is 11.8 Å². The van der Waals surface area contributed by atoms with Crippen LogP contribution >= 0.6 is 27.3 Å². The smallest absolute Gasteiger partial charge is 0.126 e. The third-order valence-electron chi connectivity index (χ3n) is 3.05. The molecule has 1 aromatic rings. The molecule has 1 aliphatic rings. The first-order valence-electron chi connectivity index (χ1n) is 5.33. The molecule has 1 aromatic heterocycles. The Labute approximate surface area is 103 Å². The van der Waals surface area contributed by atoms with Crippen LogP contribution in [-0.4, -0.2) is 10.1 Å². The van der Waals surface area contributed by atoms with Crippen LogP contribution in [-0.2, 0) is 5.60 Å². The van der Waals surface area contributed by atoms with Gasteiger partial charge < -0.3 is 5.11 Å². The van der Waals surface area contributed by atoms with E-state index in [2.05, 4.69) is 34.8 Å². The minimum atomic E-state index is -0.687. The highest BCUT2D eigenvalue weighted by atomic mass is 79.9. The lowest BCUT2D eigenvalue weighted by Gasteiger charge is -2.37. The Bertz CT molecular complexity index is 342. The summed E-state index contributed by atoms with van der Waals surface area (Å²) in [7, 11) is 0. The lowest BCUT2D eigenvalue weighted by molar-refractivity contribution is -0.0364. The highest BCUT2D eigenvalue weighted by Crippen LogP contribution is 2.43. The van der Waals surface area contributed by atoms with Crippen molar-refractivity contribution < 1.29 is 5.11 Å². The van der Waals surface area contributed by atoms with Crippen molar-refractivity contribution in [3.8, 4) is 0 Å². The molecule has 1 saturated carbocycles. The molecule has 0 saturated heterocycles. The molecule has 0 amide bonds. The molecule has 0 radical (unpaired) electrons. The fourth-order valence-electron chi connectivity index (χ4n) is 2.73. The minimum absolute atomic E-state index is 0.585. The van der Waals surface area contributed by atoms with E-state index in [1.54, 1.807) is 11.3 Å². The molecule has 1 N–H and O–H groups in total. The van der Waals surface area contributed by atoms with E-state index >= 15 is 0 Å². The number of hydrogen-bond acceptors (Lipinski definition) is 3. The lowest BCUT2D eigenvalue weighted by atomic mass is 9.74. The Morgan fingerprint density at radius 3 is 2.53 bits per heavy atom. The van der Waals surface area contributed by atoms with Gasteiger partial charge in [0.2, 0.25) is 0 Å². The van der Waals surface area contributed by atoms with Crippen molar-refractivity contribution in [1.82, 2.24) is 4.98 Å². The van der Waals surface area contributed by atoms with E-state index < -0.39 is 5.60 Å². The molecule has 84 valence electrons. The van der Waals surface area contributed by atoms with Crippen molar-refractivity contribution in [2.24, 2.45) is 11.8 Å². The van der Waals surface area contributed by atoms with E-state index in [-0.39, 0.29) is 0 Å². The second-order valence-electron chi connectivity index (χ2n) is 4.86. The number of aliphatic hydroxyl groups is 1. The normalized spacial score (nSPS) is 36.8. The summed E-state index contributed by atoms with van der Waals surface area (Å²) in [5, 5.41) is 13.4. The summed E-state index contributed by atoms with van der Waals surface area (Å²) in [5.74, 6) is 1.17. The van der Waals surface area contributed by atoms with Crippen LogP contribution in [0.3, 0.4) is 0 Å². The minimum Gasteiger partial charge on any atom is -0.383 e. The Kier molecular flexibility index (Phi) is 3.20. The zero-order chi connectivity index (χ0) is 11.1. The number of aromatic nitrogens is 1. The van der Waals surface area contributed by atoms with Gasteiger partial charge in [-0.2, -0.15) is 0 Å². The van der Waals surface area contributed by atoms with Crippen LogP contribution in [0.2, 0.25) is 0 Å². The van der Waals surface area contributed by atoms with Gasteiger partial charge in [-0.15, -0.1) is 11.3 Å². The molecular weight excluding hydrogens is 274 g/mol. The quantitative estimate of drug-likeness (QED) is 0.858. The summed E-state index contributed by atoms with van der Waals surface area (Å²) >= 11 is 4.89. The van der Waals surface area contributed by atoms with Gasteiger partial charge in [-0.3, -0.25) is 0 Å². The van der Waals surface area contributed by atoms with Gasteiger partial charge in [0.05, 0.1) is 0 Å². The van der Waals surface area contributed by atoms with Crippen molar-refractivity contribution in [3.05, 3.63) is 15.0 Å². The number of rotatable bonds is 1. The molecule has 2 unspecified atom stereocenters. The Balaban J connectivity index is 2.25. The van der Waals surface area contributed by atoms with Crippen molar-refractivity contribution >= 4 is 27.3 Å². The summed E-state index contributed by atoms with van der Waals surface area (Å²) in [4.78, 5) is 4.36. The summed E-state index contributed by atoms with van der Waals surface area (Å²) < 4.78 is 0.835. The number of halogens is 1. The van der Waals surface area contributed by atoms with Crippen LogP contribution in [0.4, 0.5) is 0 Å². The van der Waals surface area contributed by atoms with E-state index in [0.717, 1.165) is 22.5 Å². The number of thiazole rings is 1. The van der Waals surface area contributed by atoms with Crippen LogP contribution in [0.15, 0.2) is 9.98 Å². The van der Waals surface area contributed by atoms with Gasteiger partial charge in [0, 0.05) is 5.38 Å². The third kappa shape index (κ3) is 2.43. The van der Waals surface area contributed by atoms with E-state index in [9.17, 15) is 5.11 Å². The number of nitrogens with zero attached hydrogens (tertiary/aromatic N) is 1. The van der Waals surface area contributed by atoms with Crippen molar-refractivity contribution in [3.63, 3.8) is 0 Å². The highest BCUT2D eigenvalue weighted by Gasteiger charge is 2.39. The molecule has 2 rings (SSSR count). The molecule has 2 atom stereocenters. The zero-order valence-electron chi connectivity index (χ0n) is 9.03. The van der Waals surface area contributed by atoms with E-state index in [1.807, 2.05) is 5.38 Å². The maximum atomic E-state index is 10.6. The van der Waals surface area contributed by atoms with Crippen LogP contribution in [0.1, 0.15) is 38.1 Å². The van der Waals surface area contributed by atoms with Gasteiger partial charge in [-0.1, -0.05) is 13.8 Å². The predicted octanol–water partition coefficient (Wildman–Crippen LogP) is 3.55. The maximum Gasteiger partial charge on any atom is 0.126 e. The van der Waals surface area contributed by atoms with Gasteiger partial charge in [-0.05, 0) is 47.0 Å². The second-order valence-corrected chi connectivity index (χ2v) is 6.53. The molecule has 1 heterocycles. The van der Waals surface area contributed by atoms with Gasteiger partial charge in [0.25, 0.3) is 0 Å². The molecule has 0 spiro atoms. The van der Waals surface area contributed by atoms with E-state index in [1.165, 1.54) is 6.42 Å². The topological polar surface area (TPSA) is 33.1 Å². The number of hydrogen-bond donors (Lipinski definition) is 1. The van der Waals surface area contributed by atoms with Crippen molar-refractivity contribution in [2.45, 2.75) is 38.7 Å². The van der Waals surface area contributed by atoms with Crippen LogP contribution < -0.4 is 0 Å². The average Bonchev–Trinajstić information content (AvgIpc) is 2.49. The summed E-state index contributed by atoms with van der Waals surface area (Å²) in [5.41, 5.74) is -0.687. The Morgan fingerprint density at radius 1 is 1.47 bits per heavy atom. The van der Waals surface area contributed by atoms with E-state index in [4.69, 9.17) is 0 Å². The summed E-state index contributed by atoms with van der Waals surface area (Å²) in [6.45, 7) is 4.42. The molecule has 0 bridgehead atoms. The van der Waals surface area contributed by atoms with Crippen molar-refractivity contribution in [1.29, 1.82) is 0 Å². The zero-order valence-corrected chi connectivity index (χ0v) is 11.4. The van der Waals surface area contributed by atoms with Gasteiger partial charge in [0.1, 0.15) is 15.2 Å². The Morgan fingerprint density at radius 2 is 2.07 bits per heavy atom. The largest absolute Gasteiger partial charge is 0.383 e. The predicted molar refractivity (Wildman–Crippen MR) is 65.9 cm³/mol.